The Morgan fingerprint density at radius 3 is 2.90 bits per heavy atom. The quantitative estimate of drug-likeness (QED) is 0.833. The molecule has 3 nitrogen and oxygen atoms in total. The number of piperidine rings is 1. The predicted octanol–water partition coefficient (Wildman–Crippen LogP) is 3.35. The third kappa shape index (κ3) is 4.55. The highest BCUT2D eigenvalue weighted by molar-refractivity contribution is 7.98. The van der Waals surface area contributed by atoms with Crippen LogP contribution >= 0.6 is 35.8 Å². The Bertz CT molecular complexity index is 470. The second-order valence-electron chi connectivity index (χ2n) is 4.90. The molecule has 1 aliphatic rings. The van der Waals surface area contributed by atoms with Gasteiger partial charge in [0.25, 0.3) is 5.91 Å². The van der Waals surface area contributed by atoms with Gasteiger partial charge in [0.2, 0.25) is 0 Å². The van der Waals surface area contributed by atoms with E-state index >= 15 is 0 Å². The van der Waals surface area contributed by atoms with Gasteiger partial charge in [-0.15, -0.1) is 24.2 Å². The summed E-state index contributed by atoms with van der Waals surface area (Å²) >= 11 is 7.72. The molecule has 112 valence electrons. The van der Waals surface area contributed by atoms with Crippen molar-refractivity contribution in [2.24, 2.45) is 0 Å². The Hall–Kier alpha value is -0.420. The summed E-state index contributed by atoms with van der Waals surface area (Å²) in [5.74, 6) is -0.0694. The van der Waals surface area contributed by atoms with Crippen LogP contribution < -0.4 is 10.6 Å². The van der Waals surface area contributed by atoms with Gasteiger partial charge in [0.15, 0.2) is 0 Å². The van der Waals surface area contributed by atoms with Gasteiger partial charge in [0, 0.05) is 17.0 Å². The second-order valence-corrected chi connectivity index (χ2v) is 6.18. The maximum absolute atomic E-state index is 12.3. The SMILES string of the molecule is CSc1ccc(Cl)c(C(=O)NC2CCNC(C)C2)c1.Cl. The summed E-state index contributed by atoms with van der Waals surface area (Å²) in [6.07, 6.45) is 3.92. The largest absolute Gasteiger partial charge is 0.349 e. The smallest absolute Gasteiger partial charge is 0.253 e. The molecule has 20 heavy (non-hydrogen) atoms. The third-order valence-electron chi connectivity index (χ3n) is 3.38. The monoisotopic (exact) mass is 334 g/mol. The van der Waals surface area contributed by atoms with Crippen molar-refractivity contribution in [2.75, 3.05) is 12.8 Å². The first-order valence-electron chi connectivity index (χ1n) is 6.48. The Labute approximate surface area is 135 Å². The summed E-state index contributed by atoms with van der Waals surface area (Å²) in [7, 11) is 0. The number of hydrogen-bond donors (Lipinski definition) is 2. The zero-order valence-corrected chi connectivity index (χ0v) is 14.0. The zero-order valence-electron chi connectivity index (χ0n) is 11.6. The molecule has 1 aromatic rings. The standard InChI is InChI=1S/C14H19ClN2OS.ClH/c1-9-7-10(5-6-16-9)17-14(18)12-8-11(19-2)3-4-13(12)15;/h3-4,8-10,16H,5-7H2,1-2H3,(H,17,18);1H. The number of carbonyl (C=O) groups is 1. The highest BCUT2D eigenvalue weighted by Crippen LogP contribution is 2.23. The predicted molar refractivity (Wildman–Crippen MR) is 88.4 cm³/mol. The van der Waals surface area contributed by atoms with Crippen LogP contribution in [0.2, 0.25) is 5.02 Å². The Kier molecular flexibility index (Phi) is 7.17. The molecular formula is C14H20Cl2N2OS. The van der Waals surface area contributed by atoms with E-state index in [9.17, 15) is 4.79 Å². The van der Waals surface area contributed by atoms with E-state index in [0.29, 0.717) is 16.6 Å². The summed E-state index contributed by atoms with van der Waals surface area (Å²) in [5, 5.41) is 6.97. The molecule has 0 aromatic heterocycles. The van der Waals surface area contributed by atoms with Crippen LogP contribution in [-0.4, -0.2) is 30.8 Å². The number of nitrogens with one attached hydrogen (secondary N) is 2. The van der Waals surface area contributed by atoms with Gasteiger partial charge in [-0.25, -0.2) is 0 Å². The van der Waals surface area contributed by atoms with E-state index in [1.807, 2.05) is 18.4 Å². The summed E-state index contributed by atoms with van der Waals surface area (Å²) in [4.78, 5) is 13.3. The van der Waals surface area contributed by atoms with Gasteiger partial charge in [-0.2, -0.15) is 0 Å². The molecule has 1 aromatic carbocycles. The van der Waals surface area contributed by atoms with Gasteiger partial charge in [-0.05, 0) is 50.8 Å². The van der Waals surface area contributed by atoms with Crippen LogP contribution in [0.5, 0.6) is 0 Å². The van der Waals surface area contributed by atoms with Crippen molar-refractivity contribution in [3.63, 3.8) is 0 Å². The normalized spacial score (nSPS) is 21.9. The molecule has 1 amide bonds. The molecule has 2 atom stereocenters. The van der Waals surface area contributed by atoms with E-state index in [4.69, 9.17) is 11.6 Å². The van der Waals surface area contributed by atoms with E-state index in [1.54, 1.807) is 17.8 Å². The molecule has 1 aliphatic heterocycles. The maximum Gasteiger partial charge on any atom is 0.253 e. The van der Waals surface area contributed by atoms with Crippen LogP contribution in [0.1, 0.15) is 30.1 Å². The first kappa shape index (κ1) is 17.6. The lowest BCUT2D eigenvalue weighted by Gasteiger charge is -2.28. The number of hydrogen-bond acceptors (Lipinski definition) is 3. The highest BCUT2D eigenvalue weighted by Gasteiger charge is 2.21. The van der Waals surface area contributed by atoms with Gasteiger partial charge in [0.1, 0.15) is 0 Å². The third-order valence-corrected chi connectivity index (χ3v) is 4.43. The molecular weight excluding hydrogens is 315 g/mol. The first-order chi connectivity index (χ1) is 9.10. The molecule has 0 aliphatic carbocycles. The number of thioether (sulfide) groups is 1. The maximum atomic E-state index is 12.3. The number of carbonyl (C=O) groups excluding carboxylic acids is 1. The van der Waals surface area contributed by atoms with Gasteiger partial charge in [-0.1, -0.05) is 11.6 Å². The molecule has 2 rings (SSSR count). The van der Waals surface area contributed by atoms with Crippen LogP contribution in [0.3, 0.4) is 0 Å². The van der Waals surface area contributed by atoms with Gasteiger partial charge >= 0.3 is 0 Å². The fourth-order valence-electron chi connectivity index (χ4n) is 2.33. The molecule has 0 saturated carbocycles. The molecule has 6 heteroatoms. The lowest BCUT2D eigenvalue weighted by molar-refractivity contribution is 0.0925. The minimum absolute atomic E-state index is 0. The summed E-state index contributed by atoms with van der Waals surface area (Å²) in [6.45, 7) is 3.09. The highest BCUT2D eigenvalue weighted by atomic mass is 35.5. The fraction of sp³-hybridized carbons (Fsp3) is 0.500. The topological polar surface area (TPSA) is 41.1 Å². The lowest BCUT2D eigenvalue weighted by atomic mass is 10.0. The lowest BCUT2D eigenvalue weighted by Crippen LogP contribution is -2.46. The van der Waals surface area contributed by atoms with E-state index in [1.165, 1.54) is 0 Å². The fourth-order valence-corrected chi connectivity index (χ4v) is 2.97. The molecule has 2 unspecified atom stereocenters. The van der Waals surface area contributed by atoms with Crippen LogP contribution in [-0.2, 0) is 0 Å². The van der Waals surface area contributed by atoms with Gasteiger partial charge < -0.3 is 10.6 Å². The first-order valence-corrected chi connectivity index (χ1v) is 8.08. The number of halogens is 2. The Morgan fingerprint density at radius 1 is 1.50 bits per heavy atom. The number of benzene rings is 1. The number of rotatable bonds is 3. The van der Waals surface area contributed by atoms with Crippen LogP contribution in [0, 0.1) is 0 Å². The summed E-state index contributed by atoms with van der Waals surface area (Å²) in [6, 6.07) is 6.25. The van der Waals surface area contributed by atoms with Crippen molar-refractivity contribution in [2.45, 2.75) is 36.7 Å². The average molecular weight is 335 g/mol. The molecule has 1 heterocycles. The molecule has 1 fully saturated rings. The summed E-state index contributed by atoms with van der Waals surface area (Å²) in [5.41, 5.74) is 0.569. The minimum atomic E-state index is -0.0694. The Balaban J connectivity index is 0.00000200. The average Bonchev–Trinajstić information content (AvgIpc) is 2.39. The minimum Gasteiger partial charge on any atom is -0.349 e. The van der Waals surface area contributed by atoms with Crippen LogP contribution in [0.4, 0.5) is 0 Å². The second kappa shape index (κ2) is 8.13. The van der Waals surface area contributed by atoms with E-state index in [2.05, 4.69) is 17.6 Å². The van der Waals surface area contributed by atoms with Crippen molar-refractivity contribution in [3.05, 3.63) is 28.8 Å². The van der Waals surface area contributed by atoms with Crippen molar-refractivity contribution in [3.8, 4) is 0 Å². The molecule has 1 saturated heterocycles. The van der Waals surface area contributed by atoms with Crippen molar-refractivity contribution >= 4 is 41.7 Å². The summed E-state index contributed by atoms with van der Waals surface area (Å²) < 4.78 is 0. The van der Waals surface area contributed by atoms with Crippen molar-refractivity contribution < 1.29 is 4.79 Å². The molecule has 0 spiro atoms. The van der Waals surface area contributed by atoms with E-state index in [0.717, 1.165) is 24.3 Å². The number of amides is 1. The van der Waals surface area contributed by atoms with E-state index in [-0.39, 0.29) is 24.4 Å². The molecule has 0 radical (unpaired) electrons. The van der Waals surface area contributed by atoms with Gasteiger partial charge in [0.05, 0.1) is 10.6 Å². The molecule has 0 bridgehead atoms. The zero-order chi connectivity index (χ0) is 13.8. The van der Waals surface area contributed by atoms with Crippen LogP contribution in [0.25, 0.3) is 0 Å². The van der Waals surface area contributed by atoms with Crippen molar-refractivity contribution in [1.29, 1.82) is 0 Å². The Morgan fingerprint density at radius 2 is 2.25 bits per heavy atom. The van der Waals surface area contributed by atoms with Gasteiger partial charge in [-0.3, -0.25) is 4.79 Å². The van der Waals surface area contributed by atoms with Crippen LogP contribution in [0.15, 0.2) is 23.1 Å². The van der Waals surface area contributed by atoms with E-state index < -0.39 is 0 Å². The molecule has 2 N–H and O–H groups in total. The van der Waals surface area contributed by atoms with Crippen molar-refractivity contribution in [1.82, 2.24) is 10.6 Å².